The molecule has 4 nitrogen and oxygen atoms in total. The Balaban J connectivity index is 1.57. The highest BCUT2D eigenvalue weighted by Crippen LogP contribution is 2.45. The average molecular weight is 503 g/mol. The van der Waals surface area contributed by atoms with E-state index in [4.69, 9.17) is 14.2 Å². The molecule has 2 aromatic carbocycles. The van der Waals surface area contributed by atoms with Gasteiger partial charge >= 0.3 is 0 Å². The monoisotopic (exact) mass is 502 g/mol. The first kappa shape index (κ1) is 27.2. The molecule has 2 aromatic rings. The van der Waals surface area contributed by atoms with Gasteiger partial charge in [-0.15, -0.1) is 0 Å². The molecule has 0 aromatic heterocycles. The van der Waals surface area contributed by atoms with Gasteiger partial charge in [0.1, 0.15) is 23.7 Å². The normalized spacial score (nSPS) is 23.9. The molecule has 0 saturated carbocycles. The maximum Gasteiger partial charge on any atom is 0.120 e. The largest absolute Gasteiger partial charge is 0.491 e. The van der Waals surface area contributed by atoms with Crippen LogP contribution in [-0.2, 0) is 11.2 Å². The molecule has 1 fully saturated rings. The lowest BCUT2D eigenvalue weighted by Crippen LogP contribution is -2.25. The smallest absolute Gasteiger partial charge is 0.120 e. The lowest BCUT2D eigenvalue weighted by Gasteiger charge is -2.35. The molecule has 4 rings (SSSR count). The molecule has 0 bridgehead atoms. The van der Waals surface area contributed by atoms with Crippen LogP contribution in [0.1, 0.15) is 69.6 Å². The second-order valence-corrected chi connectivity index (χ2v) is 11.2. The van der Waals surface area contributed by atoms with Gasteiger partial charge in [-0.2, -0.15) is 0 Å². The highest BCUT2D eigenvalue weighted by molar-refractivity contribution is 5.48. The first-order valence-corrected chi connectivity index (χ1v) is 13.6. The number of aliphatic hydroxyl groups is 1. The van der Waals surface area contributed by atoms with Crippen LogP contribution in [0.25, 0.3) is 0 Å². The van der Waals surface area contributed by atoms with Gasteiger partial charge in [0.05, 0.1) is 18.8 Å². The number of benzene rings is 2. The molecular formula is C33H42O4. The van der Waals surface area contributed by atoms with Crippen LogP contribution in [0.3, 0.4) is 0 Å². The summed E-state index contributed by atoms with van der Waals surface area (Å²) in [5.41, 5.74) is 4.89. The maximum atomic E-state index is 9.29. The molecule has 1 heterocycles. The Morgan fingerprint density at radius 2 is 1.76 bits per heavy atom. The summed E-state index contributed by atoms with van der Waals surface area (Å²) in [6.45, 7) is 13.3. The van der Waals surface area contributed by atoms with Crippen LogP contribution in [0.5, 0.6) is 11.5 Å². The first-order chi connectivity index (χ1) is 17.8. The highest BCUT2D eigenvalue weighted by Gasteiger charge is 2.32. The van der Waals surface area contributed by atoms with Gasteiger partial charge in [-0.05, 0) is 100 Å². The molecule has 1 aliphatic carbocycles. The van der Waals surface area contributed by atoms with Crippen molar-refractivity contribution in [2.45, 2.75) is 77.1 Å². The van der Waals surface area contributed by atoms with Gasteiger partial charge in [-0.25, -0.2) is 0 Å². The van der Waals surface area contributed by atoms with E-state index in [1.54, 1.807) is 0 Å². The summed E-state index contributed by atoms with van der Waals surface area (Å²) in [5.74, 6) is 2.30. The molecular weight excluding hydrogens is 460 g/mol. The Morgan fingerprint density at radius 3 is 2.43 bits per heavy atom. The average Bonchev–Trinajstić information content (AvgIpc) is 3.34. The van der Waals surface area contributed by atoms with E-state index in [1.165, 1.54) is 16.7 Å². The topological polar surface area (TPSA) is 47.9 Å². The summed E-state index contributed by atoms with van der Waals surface area (Å²) in [5, 5.41) is 9.29. The predicted octanol–water partition coefficient (Wildman–Crippen LogP) is 7.17. The first-order valence-electron chi connectivity index (χ1n) is 13.6. The van der Waals surface area contributed by atoms with Crippen molar-refractivity contribution in [1.82, 2.24) is 0 Å². The number of rotatable bonds is 9. The molecule has 2 aliphatic rings. The molecule has 37 heavy (non-hydrogen) atoms. The van der Waals surface area contributed by atoms with Crippen molar-refractivity contribution in [2.24, 2.45) is 5.92 Å². The summed E-state index contributed by atoms with van der Waals surface area (Å²) < 4.78 is 18.0. The van der Waals surface area contributed by atoms with Gasteiger partial charge in [0.25, 0.3) is 0 Å². The number of hydrogen-bond donors (Lipinski definition) is 1. The lowest BCUT2D eigenvalue weighted by atomic mass is 9.69. The van der Waals surface area contributed by atoms with Gasteiger partial charge in [-0.1, -0.05) is 54.7 Å². The van der Waals surface area contributed by atoms with Crippen molar-refractivity contribution >= 4 is 0 Å². The third-order valence-corrected chi connectivity index (χ3v) is 7.16. The Bertz CT molecular complexity index is 1110. The van der Waals surface area contributed by atoms with E-state index in [1.807, 2.05) is 13.0 Å². The Hall–Kier alpha value is -2.82. The highest BCUT2D eigenvalue weighted by atomic mass is 16.5. The van der Waals surface area contributed by atoms with Crippen molar-refractivity contribution in [3.05, 3.63) is 95.6 Å². The fraction of sp³-hybridized carbons (Fsp3) is 0.455. The fourth-order valence-electron chi connectivity index (χ4n) is 5.44. The van der Waals surface area contributed by atoms with Crippen molar-refractivity contribution in [2.75, 3.05) is 13.2 Å². The molecule has 0 radical (unpaired) electrons. The lowest BCUT2D eigenvalue weighted by molar-refractivity contribution is -0.00722. The van der Waals surface area contributed by atoms with Crippen molar-refractivity contribution < 1.29 is 19.3 Å². The molecule has 0 amide bonds. The van der Waals surface area contributed by atoms with Gasteiger partial charge < -0.3 is 19.3 Å². The van der Waals surface area contributed by atoms with E-state index in [9.17, 15) is 5.11 Å². The van der Waals surface area contributed by atoms with E-state index in [0.717, 1.165) is 42.8 Å². The summed E-state index contributed by atoms with van der Waals surface area (Å²) in [4.78, 5) is 0. The van der Waals surface area contributed by atoms with Crippen molar-refractivity contribution in [3.8, 4) is 11.5 Å². The standard InChI is InChI=1S/C33H42O4/c1-6-7-8-9-23(2)30-18-12-25-20-27(37-33(3,4)5)17-19-31(25)32(30)24-10-13-26(14-11-24)35-22-29-16-15-28(21-34)36-29/h6-11,13-14,17,19-20,28-30,32,34H,2,12,15-16,18,21-22H2,1,3-5H3/b7-6-,9-8-/t28-,29?,30-,32+/m1/s1. The Morgan fingerprint density at radius 1 is 1.03 bits per heavy atom. The zero-order chi connectivity index (χ0) is 26.4. The summed E-state index contributed by atoms with van der Waals surface area (Å²) in [6, 6.07) is 15.1. The Kier molecular flexibility index (Phi) is 8.94. The van der Waals surface area contributed by atoms with Crippen LogP contribution in [0.15, 0.2) is 78.9 Å². The number of aryl methyl sites for hydroxylation is 1. The van der Waals surface area contributed by atoms with E-state index in [0.29, 0.717) is 12.5 Å². The number of ether oxygens (including phenoxy) is 3. The second-order valence-electron chi connectivity index (χ2n) is 11.2. The van der Waals surface area contributed by atoms with Gasteiger partial charge in [0.2, 0.25) is 0 Å². The van der Waals surface area contributed by atoms with E-state index in [2.05, 4.69) is 88.0 Å². The molecule has 1 aliphatic heterocycles. The van der Waals surface area contributed by atoms with Crippen molar-refractivity contribution in [1.29, 1.82) is 0 Å². The van der Waals surface area contributed by atoms with E-state index in [-0.39, 0.29) is 30.3 Å². The van der Waals surface area contributed by atoms with E-state index < -0.39 is 0 Å². The van der Waals surface area contributed by atoms with Gasteiger partial charge in [0.15, 0.2) is 0 Å². The van der Waals surface area contributed by atoms with Crippen LogP contribution in [-0.4, -0.2) is 36.1 Å². The van der Waals surface area contributed by atoms with Crippen LogP contribution < -0.4 is 9.47 Å². The van der Waals surface area contributed by atoms with Crippen molar-refractivity contribution in [3.63, 3.8) is 0 Å². The van der Waals surface area contributed by atoms with Crippen LogP contribution in [0.2, 0.25) is 0 Å². The Labute approximate surface area is 222 Å². The molecule has 198 valence electrons. The van der Waals surface area contributed by atoms with Crippen LogP contribution in [0, 0.1) is 5.92 Å². The minimum Gasteiger partial charge on any atom is -0.491 e. The van der Waals surface area contributed by atoms with E-state index >= 15 is 0 Å². The summed E-state index contributed by atoms with van der Waals surface area (Å²) in [7, 11) is 0. The molecule has 1 N–H and O–H groups in total. The SMILES string of the molecule is C=C(/C=C\C=C/C)[C@H]1CCc2cc(OC(C)(C)C)ccc2[C@H]1c1ccc(OCC2CC[C@H](CO)O2)cc1. The minimum absolute atomic E-state index is 0.0447. The summed E-state index contributed by atoms with van der Waals surface area (Å²) >= 11 is 0. The molecule has 4 heteroatoms. The predicted molar refractivity (Wildman–Crippen MR) is 150 cm³/mol. The van der Waals surface area contributed by atoms with Crippen LogP contribution >= 0.6 is 0 Å². The maximum absolute atomic E-state index is 9.29. The molecule has 1 saturated heterocycles. The van der Waals surface area contributed by atoms with Gasteiger partial charge in [0, 0.05) is 5.92 Å². The second kappa shape index (κ2) is 12.1. The van der Waals surface area contributed by atoms with Gasteiger partial charge in [-0.3, -0.25) is 0 Å². The fourth-order valence-corrected chi connectivity index (χ4v) is 5.44. The summed E-state index contributed by atoms with van der Waals surface area (Å²) in [6.07, 6.45) is 12.2. The molecule has 0 spiro atoms. The molecule has 4 atom stereocenters. The quantitative estimate of drug-likeness (QED) is 0.370. The third kappa shape index (κ3) is 7.15. The number of hydrogen-bond acceptors (Lipinski definition) is 4. The minimum atomic E-state index is -0.227. The zero-order valence-corrected chi connectivity index (χ0v) is 22.8. The molecule has 1 unspecified atom stereocenters. The number of allylic oxidation sites excluding steroid dienone is 5. The number of fused-ring (bicyclic) bond motifs is 1. The van der Waals surface area contributed by atoms with Crippen LogP contribution in [0.4, 0.5) is 0 Å². The zero-order valence-electron chi connectivity index (χ0n) is 22.8. The number of aliphatic hydroxyl groups excluding tert-OH is 1. The third-order valence-electron chi connectivity index (χ3n) is 7.16.